The second-order valence-electron chi connectivity index (χ2n) is 9.78. The molecule has 2 heterocycles. The molecule has 0 radical (unpaired) electrons. The van der Waals surface area contributed by atoms with Crippen molar-refractivity contribution in [3.05, 3.63) is 47.8 Å². The smallest absolute Gasteiger partial charge is 0.225 e. The molecule has 0 bridgehead atoms. The lowest BCUT2D eigenvalue weighted by molar-refractivity contribution is -0.138. The fraction of sp³-hybridized carbons (Fsp3) is 0.615. The third-order valence-electron chi connectivity index (χ3n) is 6.83. The molecule has 1 saturated heterocycles. The standard InChI is InChI=1S/C26H38N4O2/c1-28(17-23-15-27-29(2)18-23)16-21-8-6-12-25(14-21)32-20-22-9-7-13-30(19-22)26(31)24-10-4-3-5-11-24/h6,8,12,14-15,18,22,24H,3-5,7,9-11,13,16-17,19-20H2,1-2H3/t22-/m0/s1. The van der Waals surface area contributed by atoms with E-state index >= 15 is 0 Å². The fourth-order valence-electron chi connectivity index (χ4n) is 5.19. The first-order chi connectivity index (χ1) is 15.6. The predicted octanol–water partition coefficient (Wildman–Crippen LogP) is 4.25. The van der Waals surface area contributed by atoms with Crippen LogP contribution < -0.4 is 4.74 Å². The molecule has 1 saturated carbocycles. The quantitative estimate of drug-likeness (QED) is 0.618. The maximum absolute atomic E-state index is 12.9. The van der Waals surface area contributed by atoms with Crippen molar-refractivity contribution in [2.75, 3.05) is 26.7 Å². The number of benzene rings is 1. The van der Waals surface area contributed by atoms with Crippen LogP contribution in [0.5, 0.6) is 5.75 Å². The van der Waals surface area contributed by atoms with Gasteiger partial charge in [-0.25, -0.2) is 0 Å². The number of rotatable bonds is 8. The lowest BCUT2D eigenvalue weighted by Gasteiger charge is -2.35. The number of piperidine rings is 1. The molecule has 1 atom stereocenters. The van der Waals surface area contributed by atoms with Gasteiger partial charge in [-0.3, -0.25) is 14.4 Å². The monoisotopic (exact) mass is 438 g/mol. The van der Waals surface area contributed by atoms with Gasteiger partial charge in [-0.15, -0.1) is 0 Å². The molecule has 0 unspecified atom stereocenters. The number of aryl methyl sites for hydroxylation is 1. The summed E-state index contributed by atoms with van der Waals surface area (Å²) in [6, 6.07) is 8.41. The minimum Gasteiger partial charge on any atom is -0.493 e. The Balaban J connectivity index is 1.25. The topological polar surface area (TPSA) is 50.6 Å². The van der Waals surface area contributed by atoms with E-state index in [1.165, 1.54) is 30.4 Å². The molecule has 0 N–H and O–H groups in total. The Morgan fingerprint density at radius 2 is 1.94 bits per heavy atom. The van der Waals surface area contributed by atoms with Crippen LogP contribution >= 0.6 is 0 Å². The van der Waals surface area contributed by atoms with E-state index in [1.54, 1.807) is 0 Å². The number of amides is 1. The number of nitrogens with zero attached hydrogens (tertiary/aromatic N) is 4. The maximum Gasteiger partial charge on any atom is 0.225 e. The van der Waals surface area contributed by atoms with Gasteiger partial charge in [0.15, 0.2) is 0 Å². The maximum atomic E-state index is 12.9. The van der Waals surface area contributed by atoms with Crippen LogP contribution in [0.4, 0.5) is 0 Å². The summed E-state index contributed by atoms with van der Waals surface area (Å²) in [5.74, 6) is 2.01. The predicted molar refractivity (Wildman–Crippen MR) is 126 cm³/mol. The van der Waals surface area contributed by atoms with Crippen LogP contribution in [0.3, 0.4) is 0 Å². The van der Waals surface area contributed by atoms with E-state index in [1.807, 2.05) is 24.0 Å². The van der Waals surface area contributed by atoms with Crippen molar-refractivity contribution in [1.29, 1.82) is 0 Å². The Morgan fingerprint density at radius 1 is 1.12 bits per heavy atom. The van der Waals surface area contributed by atoms with Crippen LogP contribution in [0, 0.1) is 11.8 Å². The van der Waals surface area contributed by atoms with Gasteiger partial charge in [-0.2, -0.15) is 5.10 Å². The molecule has 1 aliphatic carbocycles. The number of ether oxygens (including phenoxy) is 1. The zero-order chi connectivity index (χ0) is 22.3. The molecule has 2 aromatic rings. The van der Waals surface area contributed by atoms with Crippen LogP contribution in [-0.4, -0.2) is 52.2 Å². The van der Waals surface area contributed by atoms with Gasteiger partial charge in [0, 0.05) is 56.8 Å². The summed E-state index contributed by atoms with van der Waals surface area (Å²) in [4.78, 5) is 17.3. The largest absolute Gasteiger partial charge is 0.493 e. The summed E-state index contributed by atoms with van der Waals surface area (Å²) in [6.07, 6.45) is 12.1. The highest BCUT2D eigenvalue weighted by atomic mass is 16.5. The van der Waals surface area contributed by atoms with Gasteiger partial charge in [0.05, 0.1) is 12.8 Å². The Kier molecular flexibility index (Phi) is 7.85. The average molecular weight is 439 g/mol. The average Bonchev–Trinajstić information content (AvgIpc) is 3.22. The molecule has 2 fully saturated rings. The SMILES string of the molecule is CN(Cc1cccc(OC[C@H]2CCCN(C(=O)C3CCCCC3)C2)c1)Cc1cnn(C)c1. The number of carbonyl (C=O) groups is 1. The summed E-state index contributed by atoms with van der Waals surface area (Å²) in [5.41, 5.74) is 2.46. The van der Waals surface area contributed by atoms with Crippen LogP contribution in [0.15, 0.2) is 36.7 Å². The van der Waals surface area contributed by atoms with Crippen molar-refractivity contribution in [1.82, 2.24) is 19.6 Å². The molecule has 32 heavy (non-hydrogen) atoms. The highest BCUT2D eigenvalue weighted by Crippen LogP contribution is 2.28. The highest BCUT2D eigenvalue weighted by molar-refractivity contribution is 5.79. The van der Waals surface area contributed by atoms with Gasteiger partial charge in [0.1, 0.15) is 5.75 Å². The van der Waals surface area contributed by atoms with Crippen LogP contribution in [0.1, 0.15) is 56.1 Å². The second-order valence-corrected chi connectivity index (χ2v) is 9.78. The molecule has 1 aromatic carbocycles. The number of carbonyl (C=O) groups excluding carboxylic acids is 1. The molecule has 174 valence electrons. The summed E-state index contributed by atoms with van der Waals surface area (Å²) >= 11 is 0. The molecule has 1 aliphatic heterocycles. The Bertz CT molecular complexity index is 874. The zero-order valence-electron chi connectivity index (χ0n) is 19.7. The molecule has 2 aliphatic rings. The van der Waals surface area contributed by atoms with Crippen LogP contribution in [-0.2, 0) is 24.9 Å². The second kappa shape index (κ2) is 11.0. The van der Waals surface area contributed by atoms with E-state index in [-0.39, 0.29) is 5.92 Å². The molecular weight excluding hydrogens is 400 g/mol. The normalized spacial score (nSPS) is 20.0. The molecular formula is C26H38N4O2. The van der Waals surface area contributed by atoms with Gasteiger partial charge in [-0.1, -0.05) is 31.4 Å². The molecule has 0 spiro atoms. The van der Waals surface area contributed by atoms with Gasteiger partial charge in [0.25, 0.3) is 0 Å². The summed E-state index contributed by atoms with van der Waals surface area (Å²) in [5, 5.41) is 4.25. The summed E-state index contributed by atoms with van der Waals surface area (Å²) in [6.45, 7) is 4.18. The fourth-order valence-corrected chi connectivity index (χ4v) is 5.19. The van der Waals surface area contributed by atoms with Gasteiger partial charge in [-0.05, 0) is 50.4 Å². The number of hydrogen-bond donors (Lipinski definition) is 0. The number of hydrogen-bond acceptors (Lipinski definition) is 4. The first kappa shape index (κ1) is 22.8. The van der Waals surface area contributed by atoms with Crippen molar-refractivity contribution in [2.45, 2.75) is 58.0 Å². The molecule has 6 nitrogen and oxygen atoms in total. The van der Waals surface area contributed by atoms with Crippen molar-refractivity contribution < 1.29 is 9.53 Å². The number of likely N-dealkylation sites (tertiary alicyclic amines) is 1. The third kappa shape index (κ3) is 6.35. The van der Waals surface area contributed by atoms with Crippen molar-refractivity contribution in [3.63, 3.8) is 0 Å². The minimum atomic E-state index is 0.267. The van der Waals surface area contributed by atoms with E-state index in [0.717, 1.165) is 57.6 Å². The van der Waals surface area contributed by atoms with Crippen molar-refractivity contribution in [3.8, 4) is 5.75 Å². The molecule has 6 heteroatoms. The van der Waals surface area contributed by atoms with E-state index in [0.29, 0.717) is 18.4 Å². The molecule has 1 aromatic heterocycles. The molecule has 1 amide bonds. The third-order valence-corrected chi connectivity index (χ3v) is 6.83. The lowest BCUT2D eigenvalue weighted by atomic mass is 9.87. The van der Waals surface area contributed by atoms with E-state index < -0.39 is 0 Å². The van der Waals surface area contributed by atoms with E-state index in [2.05, 4.69) is 46.3 Å². The summed E-state index contributed by atoms with van der Waals surface area (Å²) < 4.78 is 8.03. The van der Waals surface area contributed by atoms with Gasteiger partial charge in [0.2, 0.25) is 5.91 Å². The van der Waals surface area contributed by atoms with Crippen molar-refractivity contribution in [2.24, 2.45) is 18.9 Å². The Hall–Kier alpha value is -2.34. The van der Waals surface area contributed by atoms with Crippen LogP contribution in [0.2, 0.25) is 0 Å². The first-order valence-corrected chi connectivity index (χ1v) is 12.2. The highest BCUT2D eigenvalue weighted by Gasteiger charge is 2.30. The van der Waals surface area contributed by atoms with E-state index in [4.69, 9.17) is 4.74 Å². The summed E-state index contributed by atoms with van der Waals surface area (Å²) in [7, 11) is 4.07. The zero-order valence-corrected chi connectivity index (χ0v) is 19.7. The van der Waals surface area contributed by atoms with Crippen LogP contribution in [0.25, 0.3) is 0 Å². The first-order valence-electron chi connectivity index (χ1n) is 12.2. The van der Waals surface area contributed by atoms with Crippen molar-refractivity contribution >= 4 is 5.91 Å². The van der Waals surface area contributed by atoms with E-state index in [9.17, 15) is 4.79 Å². The van der Waals surface area contributed by atoms with Gasteiger partial charge < -0.3 is 9.64 Å². The Labute approximate surface area is 192 Å². The lowest BCUT2D eigenvalue weighted by Crippen LogP contribution is -2.44. The molecule has 4 rings (SSSR count). The number of aromatic nitrogens is 2. The van der Waals surface area contributed by atoms with Gasteiger partial charge >= 0.3 is 0 Å². The Morgan fingerprint density at radius 3 is 2.72 bits per heavy atom. The minimum absolute atomic E-state index is 0.267.